The van der Waals surface area contributed by atoms with Crippen LogP contribution in [0.3, 0.4) is 0 Å². The van der Waals surface area contributed by atoms with E-state index in [0.717, 1.165) is 43.4 Å². The van der Waals surface area contributed by atoms with Crippen molar-refractivity contribution in [3.8, 4) is 28.5 Å². The van der Waals surface area contributed by atoms with E-state index < -0.39 is 10.8 Å². The van der Waals surface area contributed by atoms with Crippen molar-refractivity contribution in [2.24, 2.45) is 10.8 Å². The van der Waals surface area contributed by atoms with E-state index >= 15 is 0 Å². The van der Waals surface area contributed by atoms with Crippen LogP contribution < -0.4 is 4.90 Å². The van der Waals surface area contributed by atoms with E-state index in [9.17, 15) is 9.59 Å². The Balaban J connectivity index is 1.50. The average Bonchev–Trinajstić information content (AvgIpc) is 3.41. The fraction of sp³-hybridized carbons (Fsp3) is 0.171. The molecular formula is C35H29N5O2. The van der Waals surface area contributed by atoms with E-state index in [2.05, 4.69) is 12.1 Å². The first-order valence-corrected chi connectivity index (χ1v) is 14.0. The van der Waals surface area contributed by atoms with Gasteiger partial charge in [0.1, 0.15) is 0 Å². The summed E-state index contributed by atoms with van der Waals surface area (Å²) in [6.45, 7) is 7.19. The summed E-state index contributed by atoms with van der Waals surface area (Å²) < 4.78 is 1.97. The Kier molecular flexibility index (Phi) is 5.63. The molecule has 4 aromatic carbocycles. The standard InChI is InChI=1S/C35H29N5O2/c1-34(2)30(41)40(31(42)35(34,3)4)33-37-29(24-16-12-15-23(21-24)22-13-6-5-7-14-22)36-32(38-33)39-27-19-10-8-17-25(27)26-18-9-11-20-28(26)39/h5-21H,1-4H3. The van der Waals surface area contributed by atoms with Gasteiger partial charge in [-0.3, -0.25) is 14.2 Å². The van der Waals surface area contributed by atoms with Crippen LogP contribution in [-0.4, -0.2) is 31.3 Å². The highest BCUT2D eigenvalue weighted by molar-refractivity contribution is 6.24. The van der Waals surface area contributed by atoms with Gasteiger partial charge in [-0.25, -0.2) is 4.90 Å². The number of imide groups is 1. The van der Waals surface area contributed by atoms with Crippen molar-refractivity contribution in [3.05, 3.63) is 103 Å². The quantitative estimate of drug-likeness (QED) is 0.216. The van der Waals surface area contributed by atoms with Crippen molar-refractivity contribution in [2.45, 2.75) is 27.7 Å². The molecule has 0 spiro atoms. The molecule has 1 fully saturated rings. The lowest BCUT2D eigenvalue weighted by Crippen LogP contribution is -2.35. The molecule has 2 amide bonds. The summed E-state index contributed by atoms with van der Waals surface area (Å²) >= 11 is 0. The van der Waals surface area contributed by atoms with Gasteiger partial charge < -0.3 is 0 Å². The second-order valence-corrected chi connectivity index (χ2v) is 11.8. The molecular weight excluding hydrogens is 522 g/mol. The van der Waals surface area contributed by atoms with Crippen LogP contribution in [0.15, 0.2) is 103 Å². The molecule has 0 N–H and O–H groups in total. The van der Waals surface area contributed by atoms with Crippen LogP contribution in [0.1, 0.15) is 27.7 Å². The number of para-hydroxylation sites is 2. The first-order chi connectivity index (χ1) is 20.2. The van der Waals surface area contributed by atoms with Gasteiger partial charge in [0.2, 0.25) is 23.7 Å². The predicted octanol–water partition coefficient (Wildman–Crippen LogP) is 7.23. The Morgan fingerprint density at radius 3 is 1.64 bits per heavy atom. The number of carbonyl (C=O) groups excluding carboxylic acids is 2. The van der Waals surface area contributed by atoms with Gasteiger partial charge in [0.25, 0.3) is 0 Å². The predicted molar refractivity (Wildman–Crippen MR) is 165 cm³/mol. The second-order valence-electron chi connectivity index (χ2n) is 11.8. The molecule has 0 aliphatic carbocycles. The van der Waals surface area contributed by atoms with Crippen LogP contribution in [0.5, 0.6) is 0 Å². The third-order valence-electron chi connectivity index (χ3n) is 8.86. The van der Waals surface area contributed by atoms with E-state index in [1.54, 1.807) is 27.7 Å². The first kappa shape index (κ1) is 25.8. The minimum Gasteiger partial charge on any atom is -0.278 e. The van der Waals surface area contributed by atoms with Gasteiger partial charge in [-0.05, 0) is 57.0 Å². The number of benzene rings is 4. The zero-order valence-electron chi connectivity index (χ0n) is 23.9. The lowest BCUT2D eigenvalue weighted by molar-refractivity contribution is -0.129. The Morgan fingerprint density at radius 2 is 1.02 bits per heavy atom. The Labute approximate surface area is 243 Å². The topological polar surface area (TPSA) is 81.0 Å². The summed E-state index contributed by atoms with van der Waals surface area (Å²) in [5.41, 5.74) is 2.78. The maximum Gasteiger partial charge on any atom is 0.244 e. The number of carbonyl (C=O) groups is 2. The summed E-state index contributed by atoms with van der Waals surface area (Å²) in [6.07, 6.45) is 0. The molecule has 2 aromatic heterocycles. The highest BCUT2D eigenvalue weighted by Crippen LogP contribution is 2.48. The molecule has 7 nitrogen and oxygen atoms in total. The van der Waals surface area contributed by atoms with Gasteiger partial charge in [-0.1, -0.05) is 84.9 Å². The highest BCUT2D eigenvalue weighted by atomic mass is 16.2. The van der Waals surface area contributed by atoms with Crippen LogP contribution in [0.2, 0.25) is 0 Å². The molecule has 0 saturated carbocycles. The van der Waals surface area contributed by atoms with E-state index in [1.165, 1.54) is 0 Å². The summed E-state index contributed by atoms with van der Waals surface area (Å²) in [7, 11) is 0. The van der Waals surface area contributed by atoms with Gasteiger partial charge in [0.05, 0.1) is 21.9 Å². The third-order valence-corrected chi connectivity index (χ3v) is 8.86. The smallest absolute Gasteiger partial charge is 0.244 e. The van der Waals surface area contributed by atoms with Crippen molar-refractivity contribution < 1.29 is 9.59 Å². The molecule has 42 heavy (non-hydrogen) atoms. The summed E-state index contributed by atoms with van der Waals surface area (Å²) in [4.78, 5) is 43.2. The minimum absolute atomic E-state index is 0.0237. The number of hydrogen-bond donors (Lipinski definition) is 0. The molecule has 1 aliphatic rings. The van der Waals surface area contributed by atoms with E-state index in [1.807, 2.05) is 95.6 Å². The number of nitrogens with zero attached hydrogens (tertiary/aromatic N) is 5. The zero-order valence-corrected chi connectivity index (χ0v) is 23.9. The number of fused-ring (bicyclic) bond motifs is 3. The van der Waals surface area contributed by atoms with Crippen LogP contribution in [-0.2, 0) is 9.59 Å². The summed E-state index contributed by atoms with van der Waals surface area (Å²) in [5.74, 6) is 0.0655. The number of aromatic nitrogens is 4. The van der Waals surface area contributed by atoms with Gasteiger partial charge in [-0.15, -0.1) is 0 Å². The van der Waals surface area contributed by atoms with Crippen LogP contribution >= 0.6 is 0 Å². The lowest BCUT2D eigenvalue weighted by Gasteiger charge is -2.28. The molecule has 0 unspecified atom stereocenters. The second kappa shape index (κ2) is 9.17. The molecule has 0 bridgehead atoms. The molecule has 0 atom stereocenters. The molecule has 7 heteroatoms. The molecule has 6 aromatic rings. The largest absolute Gasteiger partial charge is 0.278 e. The molecule has 3 heterocycles. The fourth-order valence-corrected chi connectivity index (χ4v) is 5.66. The lowest BCUT2D eigenvalue weighted by atomic mass is 9.70. The Bertz CT molecular complexity index is 1960. The fourth-order valence-electron chi connectivity index (χ4n) is 5.66. The minimum atomic E-state index is -0.933. The number of hydrogen-bond acceptors (Lipinski definition) is 5. The number of anilines is 1. The average molecular weight is 552 g/mol. The van der Waals surface area contributed by atoms with Crippen molar-refractivity contribution >= 4 is 39.6 Å². The van der Waals surface area contributed by atoms with Crippen molar-refractivity contribution in [1.29, 1.82) is 0 Å². The molecule has 1 saturated heterocycles. The van der Waals surface area contributed by atoms with Crippen molar-refractivity contribution in [2.75, 3.05) is 4.90 Å². The maximum atomic E-state index is 13.8. The summed E-state index contributed by atoms with van der Waals surface area (Å²) in [5, 5.41) is 2.11. The van der Waals surface area contributed by atoms with Crippen LogP contribution in [0, 0.1) is 10.8 Å². The van der Waals surface area contributed by atoms with Gasteiger partial charge in [-0.2, -0.15) is 15.0 Å². The van der Waals surface area contributed by atoms with Crippen molar-refractivity contribution in [1.82, 2.24) is 19.5 Å². The van der Waals surface area contributed by atoms with Gasteiger partial charge in [0.15, 0.2) is 5.82 Å². The van der Waals surface area contributed by atoms with E-state index in [-0.39, 0.29) is 17.8 Å². The highest BCUT2D eigenvalue weighted by Gasteiger charge is 2.60. The molecule has 0 radical (unpaired) electrons. The zero-order chi connectivity index (χ0) is 29.2. The summed E-state index contributed by atoms with van der Waals surface area (Å²) in [6, 6.07) is 34.2. The molecule has 1 aliphatic heterocycles. The normalized spacial score (nSPS) is 16.0. The maximum absolute atomic E-state index is 13.8. The third kappa shape index (κ3) is 3.70. The van der Waals surface area contributed by atoms with Crippen molar-refractivity contribution in [3.63, 3.8) is 0 Å². The number of amides is 2. The SMILES string of the molecule is CC1(C)C(=O)N(c2nc(-c3cccc(-c4ccccc4)c3)nc(-n3c4ccccc4c4ccccc43)n2)C(=O)C1(C)C. The molecule has 7 rings (SSSR count). The number of rotatable bonds is 4. The van der Waals surface area contributed by atoms with Crippen LogP contribution in [0.25, 0.3) is 50.3 Å². The first-order valence-electron chi connectivity index (χ1n) is 14.0. The van der Waals surface area contributed by atoms with Crippen LogP contribution in [0.4, 0.5) is 5.95 Å². The van der Waals surface area contributed by atoms with Gasteiger partial charge in [0, 0.05) is 16.3 Å². The molecule has 206 valence electrons. The monoisotopic (exact) mass is 551 g/mol. The Hall–Kier alpha value is -5.17. The van der Waals surface area contributed by atoms with E-state index in [4.69, 9.17) is 15.0 Å². The Morgan fingerprint density at radius 1 is 0.524 bits per heavy atom. The van der Waals surface area contributed by atoms with E-state index in [0.29, 0.717) is 11.8 Å². The van der Waals surface area contributed by atoms with Gasteiger partial charge >= 0.3 is 0 Å².